The number of amides is 2. The Kier molecular flexibility index (Phi) is 12.0. The molecular formula is C38H50N2O5. The number of hydrogen-bond donors (Lipinski definition) is 3. The number of benzene rings is 3. The molecule has 0 saturated heterocycles. The SMILES string of the molecule is Cc1cc(CCC[C@H](CC(=O)OC(C)(C)C)C(=O)N[C@H](C(=O)N[C@H](C)c2ccccc2)C(C)(C)C)ccc1-c1cccc(O)c1. The van der Waals surface area contributed by atoms with Gasteiger partial charge in [0.15, 0.2) is 0 Å². The summed E-state index contributed by atoms with van der Waals surface area (Å²) in [5.74, 6) is -1.48. The van der Waals surface area contributed by atoms with E-state index < -0.39 is 28.9 Å². The Morgan fingerprint density at radius 2 is 1.53 bits per heavy atom. The summed E-state index contributed by atoms with van der Waals surface area (Å²) in [5.41, 5.74) is 3.93. The summed E-state index contributed by atoms with van der Waals surface area (Å²) in [6.07, 6.45) is 1.77. The van der Waals surface area contributed by atoms with E-state index in [9.17, 15) is 19.5 Å². The normalized spacial score (nSPS) is 13.8. The number of aromatic hydroxyl groups is 1. The molecule has 3 aromatic rings. The highest BCUT2D eigenvalue weighted by Gasteiger charge is 2.36. The molecule has 3 rings (SSSR count). The molecule has 3 N–H and O–H groups in total. The number of phenolic OH excluding ortho intramolecular Hbond substituents is 1. The van der Waals surface area contributed by atoms with Gasteiger partial charge in [-0.2, -0.15) is 0 Å². The second-order valence-corrected chi connectivity index (χ2v) is 14.0. The van der Waals surface area contributed by atoms with Gasteiger partial charge in [0.05, 0.1) is 12.5 Å². The van der Waals surface area contributed by atoms with Gasteiger partial charge in [-0.25, -0.2) is 0 Å². The third kappa shape index (κ3) is 11.1. The van der Waals surface area contributed by atoms with Gasteiger partial charge >= 0.3 is 5.97 Å². The van der Waals surface area contributed by atoms with Gasteiger partial charge in [-0.3, -0.25) is 14.4 Å². The first-order valence-corrected chi connectivity index (χ1v) is 15.8. The van der Waals surface area contributed by atoms with Crippen molar-refractivity contribution in [3.8, 4) is 16.9 Å². The fourth-order valence-corrected chi connectivity index (χ4v) is 5.40. The molecule has 0 spiro atoms. The molecule has 3 atom stereocenters. The van der Waals surface area contributed by atoms with E-state index in [1.54, 1.807) is 32.9 Å². The van der Waals surface area contributed by atoms with Crippen LogP contribution in [-0.2, 0) is 25.5 Å². The van der Waals surface area contributed by atoms with E-state index in [-0.39, 0.29) is 30.0 Å². The summed E-state index contributed by atoms with van der Waals surface area (Å²) in [7, 11) is 0. The largest absolute Gasteiger partial charge is 0.508 e. The first-order chi connectivity index (χ1) is 21.0. The van der Waals surface area contributed by atoms with Crippen molar-refractivity contribution in [3.05, 3.63) is 89.5 Å². The average Bonchev–Trinajstić information content (AvgIpc) is 2.94. The van der Waals surface area contributed by atoms with E-state index in [0.717, 1.165) is 34.2 Å². The topological polar surface area (TPSA) is 105 Å². The Labute approximate surface area is 268 Å². The number of ether oxygens (including phenoxy) is 1. The van der Waals surface area contributed by atoms with Crippen LogP contribution in [0.4, 0.5) is 0 Å². The van der Waals surface area contributed by atoms with Crippen LogP contribution in [0.1, 0.15) is 90.5 Å². The molecule has 0 saturated carbocycles. The van der Waals surface area contributed by atoms with Crippen LogP contribution in [-0.4, -0.2) is 34.5 Å². The van der Waals surface area contributed by atoms with E-state index in [1.165, 1.54) is 0 Å². The van der Waals surface area contributed by atoms with Crippen LogP contribution in [0.15, 0.2) is 72.8 Å². The lowest BCUT2D eigenvalue weighted by atomic mass is 9.85. The fourth-order valence-electron chi connectivity index (χ4n) is 5.40. The lowest BCUT2D eigenvalue weighted by Gasteiger charge is -2.33. The zero-order chi connectivity index (χ0) is 33.4. The van der Waals surface area contributed by atoms with Crippen molar-refractivity contribution in [3.63, 3.8) is 0 Å². The van der Waals surface area contributed by atoms with Crippen LogP contribution in [0.2, 0.25) is 0 Å². The molecule has 3 aromatic carbocycles. The number of carbonyl (C=O) groups excluding carboxylic acids is 3. The number of hydrogen-bond acceptors (Lipinski definition) is 5. The van der Waals surface area contributed by atoms with Gasteiger partial charge in [0.2, 0.25) is 11.8 Å². The minimum atomic E-state index is -0.801. The number of carbonyl (C=O) groups is 3. The molecule has 0 aliphatic carbocycles. The molecule has 0 radical (unpaired) electrons. The van der Waals surface area contributed by atoms with Crippen molar-refractivity contribution >= 4 is 17.8 Å². The smallest absolute Gasteiger partial charge is 0.307 e. The van der Waals surface area contributed by atoms with Crippen LogP contribution in [0.25, 0.3) is 11.1 Å². The Morgan fingerprint density at radius 1 is 0.844 bits per heavy atom. The molecule has 0 aliphatic heterocycles. The molecule has 242 valence electrons. The van der Waals surface area contributed by atoms with E-state index in [4.69, 9.17) is 4.74 Å². The van der Waals surface area contributed by atoms with Crippen molar-refractivity contribution < 1.29 is 24.2 Å². The number of nitrogens with one attached hydrogen (secondary N) is 2. The van der Waals surface area contributed by atoms with Gasteiger partial charge in [-0.05, 0) is 99.2 Å². The summed E-state index contributed by atoms with van der Waals surface area (Å²) in [6.45, 7) is 15.1. The Bertz CT molecular complexity index is 1450. The van der Waals surface area contributed by atoms with Gasteiger partial charge in [-0.15, -0.1) is 0 Å². The molecule has 0 fully saturated rings. The number of phenols is 1. The maximum Gasteiger partial charge on any atom is 0.307 e. The molecular weight excluding hydrogens is 564 g/mol. The van der Waals surface area contributed by atoms with Crippen molar-refractivity contribution in [2.45, 2.75) is 98.8 Å². The van der Waals surface area contributed by atoms with Crippen LogP contribution < -0.4 is 10.6 Å². The van der Waals surface area contributed by atoms with Gasteiger partial charge in [-0.1, -0.05) is 81.4 Å². The minimum Gasteiger partial charge on any atom is -0.508 e. The molecule has 7 nitrogen and oxygen atoms in total. The lowest BCUT2D eigenvalue weighted by molar-refractivity contribution is -0.157. The number of rotatable bonds is 12. The van der Waals surface area contributed by atoms with Crippen LogP contribution in [0, 0.1) is 18.3 Å². The molecule has 0 bridgehead atoms. The predicted molar refractivity (Wildman–Crippen MR) is 180 cm³/mol. The van der Waals surface area contributed by atoms with E-state index >= 15 is 0 Å². The lowest BCUT2D eigenvalue weighted by Crippen LogP contribution is -2.55. The number of esters is 1. The Hall–Kier alpha value is -4.13. The summed E-state index contributed by atoms with van der Waals surface area (Å²) in [5, 5.41) is 15.9. The predicted octanol–water partition coefficient (Wildman–Crippen LogP) is 7.45. The Morgan fingerprint density at radius 3 is 2.13 bits per heavy atom. The molecule has 0 aromatic heterocycles. The van der Waals surface area contributed by atoms with E-state index in [2.05, 4.69) is 22.8 Å². The summed E-state index contributed by atoms with van der Waals surface area (Å²) in [4.78, 5) is 40.1. The average molecular weight is 615 g/mol. The fraction of sp³-hybridized carbons (Fsp3) is 0.447. The quantitative estimate of drug-likeness (QED) is 0.184. The van der Waals surface area contributed by atoms with Gasteiger partial charge < -0.3 is 20.5 Å². The molecule has 0 aliphatic rings. The first kappa shape index (κ1) is 35.4. The van der Waals surface area contributed by atoms with Crippen LogP contribution in [0.5, 0.6) is 5.75 Å². The number of aryl methyl sites for hydroxylation is 2. The van der Waals surface area contributed by atoms with Crippen molar-refractivity contribution in [2.24, 2.45) is 11.3 Å². The molecule has 45 heavy (non-hydrogen) atoms. The van der Waals surface area contributed by atoms with Crippen LogP contribution >= 0.6 is 0 Å². The van der Waals surface area contributed by atoms with Gasteiger partial charge in [0.1, 0.15) is 17.4 Å². The monoisotopic (exact) mass is 614 g/mol. The molecule has 7 heteroatoms. The van der Waals surface area contributed by atoms with E-state index in [0.29, 0.717) is 12.8 Å². The highest BCUT2D eigenvalue weighted by atomic mass is 16.6. The summed E-state index contributed by atoms with van der Waals surface area (Å²) < 4.78 is 5.57. The summed E-state index contributed by atoms with van der Waals surface area (Å²) >= 11 is 0. The Balaban J connectivity index is 1.73. The third-order valence-electron chi connectivity index (χ3n) is 7.74. The molecule has 2 amide bonds. The van der Waals surface area contributed by atoms with E-state index in [1.807, 2.05) is 83.1 Å². The second-order valence-electron chi connectivity index (χ2n) is 14.0. The highest BCUT2D eigenvalue weighted by Crippen LogP contribution is 2.28. The zero-order valence-corrected chi connectivity index (χ0v) is 28.1. The standard InChI is InChI=1S/C38H50N2O5/c1-25-22-27(20-21-32(25)29-17-13-19-31(41)23-29)14-12-18-30(24-33(42)45-38(6,7)8)35(43)40-34(37(3,4)5)36(44)39-26(2)28-15-10-9-11-16-28/h9-11,13,15-17,19-23,26,30,34,41H,12,14,18,24H2,1-8H3,(H,39,44)(H,40,43)/t26-,30-,34-/m1/s1. The second kappa shape index (κ2) is 15.2. The maximum atomic E-state index is 13.8. The molecule has 0 unspecified atom stereocenters. The highest BCUT2D eigenvalue weighted by molar-refractivity contribution is 5.90. The van der Waals surface area contributed by atoms with Crippen molar-refractivity contribution in [2.75, 3.05) is 0 Å². The van der Waals surface area contributed by atoms with Crippen molar-refractivity contribution in [1.29, 1.82) is 0 Å². The third-order valence-corrected chi connectivity index (χ3v) is 7.74. The van der Waals surface area contributed by atoms with Crippen molar-refractivity contribution in [1.82, 2.24) is 10.6 Å². The van der Waals surface area contributed by atoms with Gasteiger partial charge in [0.25, 0.3) is 0 Å². The molecule has 0 heterocycles. The minimum absolute atomic E-state index is 0.0720. The van der Waals surface area contributed by atoms with Gasteiger partial charge in [0, 0.05) is 5.92 Å². The zero-order valence-electron chi connectivity index (χ0n) is 28.1. The maximum absolute atomic E-state index is 13.8. The summed E-state index contributed by atoms with van der Waals surface area (Å²) in [6, 6.07) is 22.1. The first-order valence-electron chi connectivity index (χ1n) is 15.8. The van der Waals surface area contributed by atoms with Crippen LogP contribution in [0.3, 0.4) is 0 Å².